The van der Waals surface area contributed by atoms with Gasteiger partial charge in [0.05, 0.1) is 25.8 Å². The second kappa shape index (κ2) is 5.25. The van der Waals surface area contributed by atoms with Crippen LogP contribution in [0.3, 0.4) is 0 Å². The number of nitrogens with zero attached hydrogens (tertiary/aromatic N) is 3. The van der Waals surface area contributed by atoms with Crippen molar-refractivity contribution in [3.05, 3.63) is 23.0 Å². The van der Waals surface area contributed by atoms with Crippen molar-refractivity contribution in [3.8, 4) is 0 Å². The number of aliphatic hydroxyl groups is 2. The third-order valence-corrected chi connectivity index (χ3v) is 2.70. The molecule has 18 heavy (non-hydrogen) atoms. The van der Waals surface area contributed by atoms with Gasteiger partial charge in [-0.2, -0.15) is 0 Å². The summed E-state index contributed by atoms with van der Waals surface area (Å²) in [5.41, 5.74) is 0.256. The predicted molar refractivity (Wildman–Crippen MR) is 62.0 cm³/mol. The monoisotopic (exact) mass is 254 g/mol. The summed E-state index contributed by atoms with van der Waals surface area (Å²) in [6.07, 6.45) is 1.08. The number of aliphatic hydroxyl groups excluding tert-OH is 2. The molecule has 3 N–H and O–H groups in total. The molecule has 98 valence electrons. The van der Waals surface area contributed by atoms with Crippen molar-refractivity contribution in [2.24, 2.45) is 0 Å². The molecule has 2 heterocycles. The molecule has 0 fully saturated rings. The quantitative estimate of drug-likeness (QED) is 0.597. The molecule has 0 bridgehead atoms. The van der Waals surface area contributed by atoms with E-state index in [1.54, 1.807) is 0 Å². The molecule has 2 aromatic heterocycles. The Kier molecular flexibility index (Phi) is 3.70. The van der Waals surface area contributed by atoms with Crippen LogP contribution in [0.25, 0.3) is 11.2 Å². The maximum atomic E-state index is 11.4. The SMILES string of the molecule is CO[C@H](CO)[C@@H](O)Cn1cnc2c(=O)[nH]cnc21. The number of nitrogens with one attached hydrogen (secondary N) is 1. The first-order valence-corrected chi connectivity index (χ1v) is 5.37. The van der Waals surface area contributed by atoms with Gasteiger partial charge in [0.25, 0.3) is 5.56 Å². The molecule has 8 heteroatoms. The van der Waals surface area contributed by atoms with E-state index < -0.39 is 12.2 Å². The summed E-state index contributed by atoms with van der Waals surface area (Å²) < 4.78 is 6.46. The fourth-order valence-electron chi connectivity index (χ4n) is 1.70. The van der Waals surface area contributed by atoms with Gasteiger partial charge in [-0.1, -0.05) is 0 Å². The van der Waals surface area contributed by atoms with Gasteiger partial charge < -0.3 is 24.5 Å². The summed E-state index contributed by atoms with van der Waals surface area (Å²) in [6.45, 7) is -0.162. The summed E-state index contributed by atoms with van der Waals surface area (Å²) in [7, 11) is 1.40. The number of hydrogen-bond donors (Lipinski definition) is 3. The van der Waals surface area contributed by atoms with Crippen LogP contribution in [0.4, 0.5) is 0 Å². The van der Waals surface area contributed by atoms with E-state index in [0.29, 0.717) is 5.65 Å². The van der Waals surface area contributed by atoms with Crippen LogP contribution in [0.15, 0.2) is 17.4 Å². The number of ether oxygens (including phenoxy) is 1. The highest BCUT2D eigenvalue weighted by atomic mass is 16.5. The van der Waals surface area contributed by atoms with Gasteiger partial charge in [0.1, 0.15) is 12.2 Å². The van der Waals surface area contributed by atoms with Gasteiger partial charge in [0.15, 0.2) is 11.2 Å². The van der Waals surface area contributed by atoms with Crippen LogP contribution >= 0.6 is 0 Å². The van der Waals surface area contributed by atoms with Gasteiger partial charge in [0, 0.05) is 7.11 Å². The second-order valence-corrected chi connectivity index (χ2v) is 3.82. The molecule has 0 aliphatic rings. The van der Waals surface area contributed by atoms with Crippen molar-refractivity contribution in [1.82, 2.24) is 19.5 Å². The second-order valence-electron chi connectivity index (χ2n) is 3.82. The van der Waals surface area contributed by atoms with Crippen LogP contribution in [0, 0.1) is 0 Å². The summed E-state index contributed by atoms with van der Waals surface area (Å²) in [5, 5.41) is 18.9. The Morgan fingerprint density at radius 2 is 2.33 bits per heavy atom. The van der Waals surface area contributed by atoms with Gasteiger partial charge in [-0.3, -0.25) is 4.79 Å². The minimum absolute atomic E-state index is 0.131. The lowest BCUT2D eigenvalue weighted by atomic mass is 10.2. The number of imidazole rings is 1. The largest absolute Gasteiger partial charge is 0.394 e. The molecular formula is C10H14N4O4. The Bertz CT molecular complexity index is 575. The van der Waals surface area contributed by atoms with Crippen LogP contribution in [-0.2, 0) is 11.3 Å². The van der Waals surface area contributed by atoms with Crippen LogP contribution in [-0.4, -0.2) is 55.7 Å². The molecule has 2 atom stereocenters. The van der Waals surface area contributed by atoms with Gasteiger partial charge >= 0.3 is 0 Å². The molecule has 0 aliphatic carbocycles. The van der Waals surface area contributed by atoms with Crippen molar-refractivity contribution in [2.75, 3.05) is 13.7 Å². The summed E-state index contributed by atoms with van der Waals surface area (Å²) in [4.78, 5) is 21.8. The van der Waals surface area contributed by atoms with Crippen molar-refractivity contribution in [1.29, 1.82) is 0 Å². The third kappa shape index (κ3) is 2.26. The predicted octanol–water partition coefficient (Wildman–Crippen LogP) is -1.51. The molecule has 0 spiro atoms. The van der Waals surface area contributed by atoms with E-state index in [2.05, 4.69) is 15.0 Å². The smallest absolute Gasteiger partial charge is 0.278 e. The molecule has 0 saturated carbocycles. The Labute approximate surface area is 102 Å². The van der Waals surface area contributed by atoms with E-state index >= 15 is 0 Å². The van der Waals surface area contributed by atoms with E-state index in [-0.39, 0.29) is 24.2 Å². The van der Waals surface area contributed by atoms with Crippen molar-refractivity contribution < 1.29 is 14.9 Å². The summed E-state index contributed by atoms with van der Waals surface area (Å²) >= 11 is 0. The van der Waals surface area contributed by atoms with E-state index in [0.717, 1.165) is 0 Å². The van der Waals surface area contributed by atoms with Crippen molar-refractivity contribution >= 4 is 11.2 Å². The molecule has 0 aliphatic heterocycles. The van der Waals surface area contributed by atoms with Crippen molar-refractivity contribution in [2.45, 2.75) is 18.8 Å². The van der Waals surface area contributed by atoms with E-state index in [9.17, 15) is 9.90 Å². The topological polar surface area (TPSA) is 113 Å². The highest BCUT2D eigenvalue weighted by molar-refractivity contribution is 5.68. The van der Waals surface area contributed by atoms with Crippen LogP contribution < -0.4 is 5.56 Å². The van der Waals surface area contributed by atoms with E-state index in [1.807, 2.05) is 0 Å². The number of aromatic nitrogens is 4. The van der Waals surface area contributed by atoms with Crippen LogP contribution in [0.5, 0.6) is 0 Å². The number of hydrogen-bond acceptors (Lipinski definition) is 6. The number of aromatic amines is 1. The third-order valence-electron chi connectivity index (χ3n) is 2.70. The molecule has 0 unspecified atom stereocenters. The number of rotatable bonds is 5. The summed E-state index contributed by atoms with van der Waals surface area (Å²) in [5.74, 6) is 0. The molecule has 2 rings (SSSR count). The van der Waals surface area contributed by atoms with Gasteiger partial charge in [-0.15, -0.1) is 0 Å². The molecular weight excluding hydrogens is 240 g/mol. The van der Waals surface area contributed by atoms with Gasteiger partial charge in [-0.25, -0.2) is 9.97 Å². The van der Waals surface area contributed by atoms with Crippen LogP contribution in [0.2, 0.25) is 0 Å². The van der Waals surface area contributed by atoms with Gasteiger partial charge in [-0.05, 0) is 0 Å². The first-order valence-electron chi connectivity index (χ1n) is 5.37. The fraction of sp³-hybridized carbons (Fsp3) is 0.500. The lowest BCUT2D eigenvalue weighted by Gasteiger charge is -2.19. The Morgan fingerprint density at radius 1 is 1.56 bits per heavy atom. The molecule has 0 amide bonds. The van der Waals surface area contributed by atoms with Crippen molar-refractivity contribution in [3.63, 3.8) is 0 Å². The zero-order valence-electron chi connectivity index (χ0n) is 9.78. The Hall–Kier alpha value is -1.77. The fourth-order valence-corrected chi connectivity index (χ4v) is 1.70. The zero-order chi connectivity index (χ0) is 13.1. The average Bonchev–Trinajstić information content (AvgIpc) is 2.76. The maximum absolute atomic E-state index is 11.4. The molecule has 8 nitrogen and oxygen atoms in total. The highest BCUT2D eigenvalue weighted by Crippen LogP contribution is 2.07. The normalized spacial score (nSPS) is 14.8. The Balaban J connectivity index is 2.27. The van der Waals surface area contributed by atoms with E-state index in [4.69, 9.17) is 9.84 Å². The first kappa shape index (κ1) is 12.7. The highest BCUT2D eigenvalue weighted by Gasteiger charge is 2.19. The standard InChI is InChI=1S/C10H14N4O4/c1-18-7(3-15)6(16)2-14-5-13-8-9(14)11-4-12-10(8)17/h4-7,15-16H,2-3H2,1H3,(H,11,12,17)/t6-,7+/m0/s1. The maximum Gasteiger partial charge on any atom is 0.278 e. The molecule has 0 radical (unpaired) electrons. The number of methoxy groups -OCH3 is 1. The minimum atomic E-state index is -0.918. The number of fused-ring (bicyclic) bond motifs is 1. The van der Waals surface area contributed by atoms with Crippen LogP contribution in [0.1, 0.15) is 0 Å². The average molecular weight is 254 g/mol. The van der Waals surface area contributed by atoms with E-state index in [1.165, 1.54) is 24.3 Å². The molecule has 0 aromatic carbocycles. The lowest BCUT2D eigenvalue weighted by molar-refractivity contribution is -0.0467. The van der Waals surface area contributed by atoms with Gasteiger partial charge in [0.2, 0.25) is 0 Å². The lowest BCUT2D eigenvalue weighted by Crippen LogP contribution is -2.34. The Morgan fingerprint density at radius 3 is 3.00 bits per heavy atom. The minimum Gasteiger partial charge on any atom is -0.394 e. The number of H-pyrrole nitrogens is 1. The molecule has 0 saturated heterocycles. The first-order chi connectivity index (χ1) is 8.67. The summed E-state index contributed by atoms with van der Waals surface area (Å²) in [6, 6.07) is 0. The molecule has 2 aromatic rings. The zero-order valence-corrected chi connectivity index (χ0v) is 9.78.